The number of halogens is 3. The minimum atomic E-state index is -2.70. The summed E-state index contributed by atoms with van der Waals surface area (Å²) in [6.07, 6.45) is 0.481. The van der Waals surface area contributed by atoms with E-state index in [1.54, 1.807) is 10.9 Å². The molecule has 0 saturated carbocycles. The summed E-state index contributed by atoms with van der Waals surface area (Å²) in [6.45, 7) is 7.77. The smallest absolute Gasteiger partial charge is 0.263 e. The highest BCUT2D eigenvalue weighted by atomic mass is 28.3. The van der Waals surface area contributed by atoms with E-state index in [1.165, 1.54) is 18.3 Å². The van der Waals surface area contributed by atoms with Crippen molar-refractivity contribution in [1.29, 1.82) is 0 Å². The fourth-order valence-electron chi connectivity index (χ4n) is 2.02. The monoisotopic (exact) mass is 342 g/mol. The Balaban J connectivity index is 2.02. The van der Waals surface area contributed by atoms with Gasteiger partial charge in [0, 0.05) is 32.0 Å². The van der Waals surface area contributed by atoms with Crippen molar-refractivity contribution < 1.29 is 17.9 Å². The standard InChI is InChI=1S/C16H21F3N2OSi/c1-23(2,3)5-4-22-11-21-10-14(9-20-21)12-6-13(16(18)19)8-15(17)7-12/h6-10,16H,4-5,11H2,1-3H3. The molecule has 0 spiro atoms. The molecule has 126 valence electrons. The molecule has 0 saturated heterocycles. The highest BCUT2D eigenvalue weighted by Gasteiger charge is 2.13. The number of ether oxygens (including phenoxy) is 1. The second-order valence-electron chi connectivity index (χ2n) is 6.69. The predicted octanol–water partition coefficient (Wildman–Crippen LogP) is 4.94. The molecule has 2 aromatic rings. The normalized spacial score (nSPS) is 12.1. The molecule has 0 atom stereocenters. The lowest BCUT2D eigenvalue weighted by Crippen LogP contribution is -2.22. The van der Waals surface area contributed by atoms with Crippen molar-refractivity contribution in [2.45, 2.75) is 38.8 Å². The quantitative estimate of drug-likeness (QED) is 0.526. The largest absolute Gasteiger partial charge is 0.360 e. The van der Waals surface area contributed by atoms with Crippen molar-refractivity contribution in [2.24, 2.45) is 0 Å². The number of alkyl halides is 2. The Morgan fingerprint density at radius 2 is 1.91 bits per heavy atom. The van der Waals surface area contributed by atoms with Crippen LogP contribution >= 0.6 is 0 Å². The topological polar surface area (TPSA) is 27.1 Å². The van der Waals surface area contributed by atoms with Crippen LogP contribution in [0.4, 0.5) is 13.2 Å². The van der Waals surface area contributed by atoms with Gasteiger partial charge in [-0.15, -0.1) is 0 Å². The molecule has 1 aromatic carbocycles. The fraction of sp³-hybridized carbons (Fsp3) is 0.438. The van der Waals surface area contributed by atoms with E-state index in [4.69, 9.17) is 4.74 Å². The summed E-state index contributed by atoms with van der Waals surface area (Å²) in [4.78, 5) is 0. The zero-order chi connectivity index (χ0) is 17.0. The van der Waals surface area contributed by atoms with Gasteiger partial charge in [-0.1, -0.05) is 19.6 Å². The third kappa shape index (κ3) is 5.51. The van der Waals surface area contributed by atoms with Gasteiger partial charge < -0.3 is 4.74 Å². The average Bonchev–Trinajstić information content (AvgIpc) is 2.91. The van der Waals surface area contributed by atoms with Crippen LogP contribution in [0.15, 0.2) is 30.6 Å². The highest BCUT2D eigenvalue weighted by Crippen LogP contribution is 2.27. The maximum absolute atomic E-state index is 13.5. The number of aromatic nitrogens is 2. The van der Waals surface area contributed by atoms with Crippen LogP contribution in [0.25, 0.3) is 11.1 Å². The van der Waals surface area contributed by atoms with Crippen LogP contribution in [0.3, 0.4) is 0 Å². The number of nitrogens with zero attached hydrogens (tertiary/aromatic N) is 2. The van der Waals surface area contributed by atoms with Gasteiger partial charge in [-0.3, -0.25) is 0 Å². The lowest BCUT2D eigenvalue weighted by molar-refractivity contribution is 0.0786. The first kappa shape index (κ1) is 17.7. The molecule has 0 aliphatic heterocycles. The predicted molar refractivity (Wildman–Crippen MR) is 86.7 cm³/mol. The maximum Gasteiger partial charge on any atom is 0.263 e. The third-order valence-electron chi connectivity index (χ3n) is 3.36. The Bertz CT molecular complexity index is 653. The maximum atomic E-state index is 13.5. The molecule has 3 nitrogen and oxygen atoms in total. The molecular weight excluding hydrogens is 321 g/mol. The second kappa shape index (κ2) is 7.31. The third-order valence-corrected chi connectivity index (χ3v) is 5.06. The summed E-state index contributed by atoms with van der Waals surface area (Å²) >= 11 is 0. The van der Waals surface area contributed by atoms with E-state index in [-0.39, 0.29) is 5.56 Å². The van der Waals surface area contributed by atoms with E-state index in [1.807, 2.05) is 0 Å². The van der Waals surface area contributed by atoms with E-state index in [0.717, 1.165) is 12.1 Å². The van der Waals surface area contributed by atoms with Crippen LogP contribution in [0, 0.1) is 5.82 Å². The van der Waals surface area contributed by atoms with Crippen LogP contribution in [-0.4, -0.2) is 24.5 Å². The molecule has 0 unspecified atom stereocenters. The lowest BCUT2D eigenvalue weighted by atomic mass is 10.1. The van der Waals surface area contributed by atoms with Crippen LogP contribution in [0.5, 0.6) is 0 Å². The molecule has 1 heterocycles. The van der Waals surface area contributed by atoms with Gasteiger partial charge in [0.15, 0.2) is 0 Å². The van der Waals surface area contributed by atoms with Gasteiger partial charge in [-0.05, 0) is 29.8 Å². The first-order valence-electron chi connectivity index (χ1n) is 7.44. The van der Waals surface area contributed by atoms with Crippen molar-refractivity contribution in [3.05, 3.63) is 42.0 Å². The minimum Gasteiger partial charge on any atom is -0.360 e. The Hall–Kier alpha value is -1.60. The Morgan fingerprint density at radius 1 is 1.17 bits per heavy atom. The number of benzene rings is 1. The van der Waals surface area contributed by atoms with Crippen molar-refractivity contribution in [3.8, 4) is 11.1 Å². The van der Waals surface area contributed by atoms with Crippen molar-refractivity contribution in [3.63, 3.8) is 0 Å². The van der Waals surface area contributed by atoms with Gasteiger partial charge in [-0.2, -0.15) is 5.10 Å². The van der Waals surface area contributed by atoms with Crippen molar-refractivity contribution >= 4 is 8.07 Å². The van der Waals surface area contributed by atoms with E-state index < -0.39 is 20.3 Å². The van der Waals surface area contributed by atoms with Crippen LogP contribution in [0.1, 0.15) is 12.0 Å². The molecule has 7 heteroatoms. The molecule has 0 radical (unpaired) electrons. The first-order valence-corrected chi connectivity index (χ1v) is 11.1. The number of hydrogen-bond donors (Lipinski definition) is 0. The molecule has 0 aliphatic rings. The van der Waals surface area contributed by atoms with Gasteiger partial charge in [0.1, 0.15) is 12.5 Å². The Morgan fingerprint density at radius 3 is 2.57 bits per heavy atom. The van der Waals surface area contributed by atoms with E-state index in [2.05, 4.69) is 24.7 Å². The zero-order valence-corrected chi connectivity index (χ0v) is 14.5. The zero-order valence-electron chi connectivity index (χ0n) is 13.5. The Labute approximate surface area is 135 Å². The minimum absolute atomic E-state index is 0.293. The van der Waals surface area contributed by atoms with E-state index >= 15 is 0 Å². The van der Waals surface area contributed by atoms with Crippen LogP contribution < -0.4 is 0 Å². The van der Waals surface area contributed by atoms with Gasteiger partial charge in [0.05, 0.1) is 6.20 Å². The average molecular weight is 342 g/mol. The summed E-state index contributed by atoms with van der Waals surface area (Å²) in [5.41, 5.74) is 0.632. The summed E-state index contributed by atoms with van der Waals surface area (Å²) in [6, 6.07) is 4.40. The molecule has 0 fully saturated rings. The Kier molecular flexibility index (Phi) is 5.64. The number of hydrogen-bond acceptors (Lipinski definition) is 2. The lowest BCUT2D eigenvalue weighted by Gasteiger charge is -2.15. The second-order valence-corrected chi connectivity index (χ2v) is 12.3. The van der Waals surface area contributed by atoms with Gasteiger partial charge >= 0.3 is 0 Å². The molecule has 1 aromatic heterocycles. The van der Waals surface area contributed by atoms with E-state index in [9.17, 15) is 13.2 Å². The molecule has 0 N–H and O–H groups in total. The summed E-state index contributed by atoms with van der Waals surface area (Å²) in [5.74, 6) is -0.683. The molecule has 0 amide bonds. The van der Waals surface area contributed by atoms with Gasteiger partial charge in [0.2, 0.25) is 0 Å². The SMILES string of the molecule is C[Si](C)(C)CCOCn1cc(-c2cc(F)cc(C(F)F)c2)cn1. The van der Waals surface area contributed by atoms with Crippen molar-refractivity contribution in [1.82, 2.24) is 9.78 Å². The number of rotatable bonds is 7. The van der Waals surface area contributed by atoms with Crippen LogP contribution in [-0.2, 0) is 11.5 Å². The molecular formula is C16H21F3N2OSi. The van der Waals surface area contributed by atoms with Crippen molar-refractivity contribution in [2.75, 3.05) is 6.61 Å². The summed E-state index contributed by atoms with van der Waals surface area (Å²) in [5, 5.41) is 4.12. The summed E-state index contributed by atoms with van der Waals surface area (Å²) < 4.78 is 46.1. The van der Waals surface area contributed by atoms with Gasteiger partial charge in [-0.25, -0.2) is 17.9 Å². The summed E-state index contributed by atoms with van der Waals surface area (Å²) in [7, 11) is -1.13. The fourth-order valence-corrected chi connectivity index (χ4v) is 2.78. The first-order chi connectivity index (χ1) is 10.7. The van der Waals surface area contributed by atoms with Gasteiger partial charge in [0.25, 0.3) is 6.43 Å². The molecule has 0 aliphatic carbocycles. The van der Waals surface area contributed by atoms with E-state index in [0.29, 0.717) is 24.5 Å². The highest BCUT2D eigenvalue weighted by molar-refractivity contribution is 6.76. The molecule has 23 heavy (non-hydrogen) atoms. The van der Waals surface area contributed by atoms with Crippen LogP contribution in [0.2, 0.25) is 25.7 Å². The molecule has 0 bridgehead atoms. The molecule has 2 rings (SSSR count).